The van der Waals surface area contributed by atoms with Gasteiger partial charge in [-0.15, -0.1) is 0 Å². The molecule has 23 heavy (non-hydrogen) atoms. The Balaban J connectivity index is 2.81. The van der Waals surface area contributed by atoms with Crippen LogP contribution in [0.3, 0.4) is 0 Å². The van der Waals surface area contributed by atoms with Gasteiger partial charge in [-0.3, -0.25) is 14.4 Å². The van der Waals surface area contributed by atoms with E-state index in [1.165, 1.54) is 13.0 Å². The summed E-state index contributed by atoms with van der Waals surface area (Å²) in [5, 5.41) is 4.70. The summed E-state index contributed by atoms with van der Waals surface area (Å²) in [4.78, 5) is 34.6. The van der Waals surface area contributed by atoms with Crippen molar-refractivity contribution in [2.45, 2.75) is 32.5 Å². The molecular weight excluding hydrogens is 313 g/mol. The summed E-state index contributed by atoms with van der Waals surface area (Å²) >= 11 is 0. The van der Waals surface area contributed by atoms with Crippen molar-refractivity contribution in [1.29, 1.82) is 0 Å². The first-order valence-electron chi connectivity index (χ1n) is 6.90. The number of Topliss-reactive ketones (excluding diaryl/α,β-unsaturated/α-hetero) is 1. The van der Waals surface area contributed by atoms with E-state index in [0.29, 0.717) is 0 Å². The lowest BCUT2D eigenvalue weighted by Crippen LogP contribution is -2.47. The van der Waals surface area contributed by atoms with Gasteiger partial charge in [0.1, 0.15) is 11.8 Å². The van der Waals surface area contributed by atoms with Gasteiger partial charge in [-0.1, -0.05) is 13.0 Å². The molecular formula is C15H17F3N2O3. The summed E-state index contributed by atoms with van der Waals surface area (Å²) in [6.07, 6.45) is -4.33. The summed E-state index contributed by atoms with van der Waals surface area (Å²) in [6, 6.07) is 2.99. The van der Waals surface area contributed by atoms with E-state index >= 15 is 0 Å². The van der Waals surface area contributed by atoms with E-state index in [1.54, 1.807) is 6.92 Å². The van der Waals surface area contributed by atoms with Crippen molar-refractivity contribution in [2.24, 2.45) is 0 Å². The van der Waals surface area contributed by atoms with Crippen molar-refractivity contribution < 1.29 is 27.6 Å². The van der Waals surface area contributed by atoms with Crippen LogP contribution in [0.4, 0.5) is 13.2 Å². The summed E-state index contributed by atoms with van der Waals surface area (Å²) in [7, 11) is 0. The number of halogens is 3. The van der Waals surface area contributed by atoms with Crippen LogP contribution in [0.1, 0.15) is 36.2 Å². The third-order valence-corrected chi connectivity index (χ3v) is 2.99. The van der Waals surface area contributed by atoms with Gasteiger partial charge >= 0.3 is 6.18 Å². The number of carbonyl (C=O) groups excluding carboxylic acids is 3. The normalized spacial score (nSPS) is 12.4. The molecule has 5 nitrogen and oxygen atoms in total. The van der Waals surface area contributed by atoms with E-state index < -0.39 is 29.6 Å². The molecule has 0 spiro atoms. The van der Waals surface area contributed by atoms with Gasteiger partial charge in [0.15, 0.2) is 0 Å². The highest BCUT2D eigenvalue weighted by Crippen LogP contribution is 2.29. The van der Waals surface area contributed by atoms with Gasteiger partial charge in [0, 0.05) is 5.56 Å². The average molecular weight is 330 g/mol. The fraction of sp³-hybridized carbons (Fsp3) is 0.400. The Kier molecular flexibility index (Phi) is 6.29. The highest BCUT2D eigenvalue weighted by Gasteiger charge is 2.31. The zero-order valence-corrected chi connectivity index (χ0v) is 12.7. The molecule has 0 aromatic heterocycles. The standard InChI is InChI=1S/C15H17F3N2O3/c1-3-12(14(23)19-8-9(2)21)20-13(22)10-5-4-6-11(7-10)15(16,17)18/h4-7,12H,3,8H2,1-2H3,(H,19,23)(H,20,22). The van der Waals surface area contributed by atoms with E-state index in [2.05, 4.69) is 10.6 Å². The first kappa shape index (κ1) is 18.7. The van der Waals surface area contributed by atoms with Crippen LogP contribution in [0.25, 0.3) is 0 Å². The summed E-state index contributed by atoms with van der Waals surface area (Å²) in [6.45, 7) is 2.75. The molecule has 0 aliphatic rings. The third-order valence-electron chi connectivity index (χ3n) is 2.99. The molecule has 126 valence electrons. The molecule has 1 aromatic rings. The van der Waals surface area contributed by atoms with Gasteiger partial charge in [0.25, 0.3) is 5.91 Å². The molecule has 0 saturated carbocycles. The first-order valence-corrected chi connectivity index (χ1v) is 6.90. The zero-order valence-electron chi connectivity index (χ0n) is 12.7. The van der Waals surface area contributed by atoms with E-state index in [9.17, 15) is 27.6 Å². The second-order valence-electron chi connectivity index (χ2n) is 4.93. The maximum Gasteiger partial charge on any atom is 0.416 e. The number of hydrogen-bond donors (Lipinski definition) is 2. The van der Waals surface area contributed by atoms with Gasteiger partial charge in [0.2, 0.25) is 5.91 Å². The minimum Gasteiger partial charge on any atom is -0.347 e. The first-order chi connectivity index (χ1) is 10.6. The van der Waals surface area contributed by atoms with Crippen molar-refractivity contribution in [3.63, 3.8) is 0 Å². The van der Waals surface area contributed by atoms with E-state index in [1.807, 2.05) is 0 Å². The summed E-state index contributed by atoms with van der Waals surface area (Å²) in [5.41, 5.74) is -1.14. The molecule has 8 heteroatoms. The second-order valence-corrected chi connectivity index (χ2v) is 4.93. The van der Waals surface area contributed by atoms with Crippen LogP contribution in [-0.4, -0.2) is 30.2 Å². The Morgan fingerprint density at radius 3 is 2.39 bits per heavy atom. The van der Waals surface area contributed by atoms with Crippen molar-refractivity contribution >= 4 is 17.6 Å². The number of rotatable bonds is 6. The van der Waals surface area contributed by atoms with Crippen molar-refractivity contribution in [3.8, 4) is 0 Å². The maximum atomic E-state index is 12.6. The molecule has 1 rings (SSSR count). The number of nitrogens with one attached hydrogen (secondary N) is 2. The Morgan fingerprint density at radius 2 is 1.87 bits per heavy atom. The molecule has 1 aromatic carbocycles. The lowest BCUT2D eigenvalue weighted by atomic mass is 10.1. The quantitative estimate of drug-likeness (QED) is 0.837. The number of benzene rings is 1. The number of carbonyl (C=O) groups is 3. The highest BCUT2D eigenvalue weighted by atomic mass is 19.4. The van der Waals surface area contributed by atoms with E-state index in [4.69, 9.17) is 0 Å². The minimum atomic E-state index is -4.56. The van der Waals surface area contributed by atoms with Gasteiger partial charge in [0.05, 0.1) is 12.1 Å². The molecule has 0 heterocycles. The Morgan fingerprint density at radius 1 is 1.22 bits per heavy atom. The average Bonchev–Trinajstić information content (AvgIpc) is 2.49. The van der Waals surface area contributed by atoms with Crippen LogP contribution in [0.2, 0.25) is 0 Å². The van der Waals surface area contributed by atoms with Gasteiger partial charge in [-0.25, -0.2) is 0 Å². The number of ketones is 1. The van der Waals surface area contributed by atoms with Crippen molar-refractivity contribution in [1.82, 2.24) is 10.6 Å². The topological polar surface area (TPSA) is 75.3 Å². The predicted octanol–water partition coefficient (Wildman–Crippen LogP) is 1.92. The number of hydrogen-bond acceptors (Lipinski definition) is 3. The largest absolute Gasteiger partial charge is 0.416 e. The highest BCUT2D eigenvalue weighted by molar-refractivity contribution is 5.98. The molecule has 2 amide bonds. The third kappa shape index (κ3) is 5.72. The zero-order chi connectivity index (χ0) is 17.6. The van der Waals surface area contributed by atoms with Crippen LogP contribution >= 0.6 is 0 Å². The minimum absolute atomic E-state index is 0.172. The van der Waals surface area contributed by atoms with Crippen LogP contribution in [-0.2, 0) is 15.8 Å². The Bertz CT molecular complexity index is 600. The van der Waals surface area contributed by atoms with E-state index in [-0.39, 0.29) is 24.3 Å². The molecule has 0 aliphatic heterocycles. The molecule has 1 atom stereocenters. The lowest BCUT2D eigenvalue weighted by molar-refractivity contribution is -0.137. The molecule has 0 saturated heterocycles. The second kappa shape index (κ2) is 7.75. The number of amides is 2. The van der Waals surface area contributed by atoms with E-state index in [0.717, 1.165) is 18.2 Å². The van der Waals surface area contributed by atoms with Gasteiger partial charge in [-0.05, 0) is 31.5 Å². The lowest BCUT2D eigenvalue weighted by Gasteiger charge is -2.17. The van der Waals surface area contributed by atoms with Crippen LogP contribution in [0.15, 0.2) is 24.3 Å². The van der Waals surface area contributed by atoms with Crippen LogP contribution < -0.4 is 10.6 Å². The fourth-order valence-electron chi connectivity index (χ4n) is 1.77. The summed E-state index contributed by atoms with van der Waals surface area (Å²) < 4.78 is 37.9. The van der Waals surface area contributed by atoms with Crippen molar-refractivity contribution in [3.05, 3.63) is 35.4 Å². The smallest absolute Gasteiger partial charge is 0.347 e. The van der Waals surface area contributed by atoms with Gasteiger partial charge in [-0.2, -0.15) is 13.2 Å². The molecule has 0 fully saturated rings. The number of alkyl halides is 3. The predicted molar refractivity (Wildman–Crippen MR) is 76.7 cm³/mol. The Labute approximate surface area is 131 Å². The molecule has 0 aliphatic carbocycles. The molecule has 2 N–H and O–H groups in total. The molecule has 1 unspecified atom stereocenters. The van der Waals surface area contributed by atoms with Gasteiger partial charge < -0.3 is 10.6 Å². The molecule has 0 radical (unpaired) electrons. The van der Waals surface area contributed by atoms with Crippen LogP contribution in [0.5, 0.6) is 0 Å². The maximum absolute atomic E-state index is 12.6. The SMILES string of the molecule is CCC(NC(=O)c1cccc(C(F)(F)F)c1)C(=O)NCC(C)=O. The van der Waals surface area contributed by atoms with Crippen LogP contribution in [0, 0.1) is 0 Å². The molecule has 0 bridgehead atoms. The van der Waals surface area contributed by atoms with Crippen molar-refractivity contribution in [2.75, 3.05) is 6.54 Å². The monoisotopic (exact) mass is 330 g/mol. The summed E-state index contributed by atoms with van der Waals surface area (Å²) in [5.74, 6) is -1.61. The Hall–Kier alpha value is -2.38. The fourth-order valence-corrected chi connectivity index (χ4v) is 1.77.